The van der Waals surface area contributed by atoms with Crippen LogP contribution in [0.25, 0.3) is 0 Å². The Morgan fingerprint density at radius 3 is 2.58 bits per heavy atom. The van der Waals surface area contributed by atoms with Crippen molar-refractivity contribution in [3.63, 3.8) is 0 Å². The van der Waals surface area contributed by atoms with E-state index in [2.05, 4.69) is 24.5 Å². The van der Waals surface area contributed by atoms with Crippen LogP contribution < -0.4 is 10.6 Å². The number of thioether (sulfide) groups is 1. The molecule has 2 N–H and O–H groups in total. The second-order valence-electron chi connectivity index (χ2n) is 4.63. The molecule has 0 aliphatic rings. The van der Waals surface area contributed by atoms with E-state index in [1.807, 2.05) is 49.0 Å². The van der Waals surface area contributed by atoms with Gasteiger partial charge in [0.1, 0.15) is 0 Å². The number of rotatable bonds is 8. The molecule has 1 amide bonds. The zero-order chi connectivity index (χ0) is 14.1. The normalized spacial score (nSPS) is 13.8. The third kappa shape index (κ3) is 6.64. The molecule has 0 radical (unpaired) electrons. The SMILES string of the molecule is CCSCCC(C)NC(C)C(=O)Nc1ccccc1. The lowest BCUT2D eigenvalue weighted by Crippen LogP contribution is -2.43. The fourth-order valence-electron chi connectivity index (χ4n) is 1.76. The third-order valence-electron chi connectivity index (χ3n) is 2.87. The summed E-state index contributed by atoms with van der Waals surface area (Å²) in [5.41, 5.74) is 0.843. The molecule has 0 heterocycles. The van der Waals surface area contributed by atoms with Gasteiger partial charge in [0.2, 0.25) is 5.91 Å². The van der Waals surface area contributed by atoms with Crippen molar-refractivity contribution in [1.82, 2.24) is 5.32 Å². The largest absolute Gasteiger partial charge is 0.325 e. The molecule has 0 saturated carbocycles. The summed E-state index contributed by atoms with van der Waals surface area (Å²) in [4.78, 5) is 12.0. The first kappa shape index (κ1) is 16.1. The molecule has 4 heteroatoms. The van der Waals surface area contributed by atoms with Gasteiger partial charge >= 0.3 is 0 Å². The highest BCUT2D eigenvalue weighted by Crippen LogP contribution is 2.07. The molecule has 3 nitrogen and oxygen atoms in total. The average molecular weight is 280 g/mol. The lowest BCUT2D eigenvalue weighted by atomic mass is 10.2. The number of carbonyl (C=O) groups excluding carboxylic acids is 1. The van der Waals surface area contributed by atoms with E-state index in [1.165, 1.54) is 0 Å². The predicted molar refractivity (Wildman–Crippen MR) is 84.7 cm³/mol. The minimum atomic E-state index is -0.179. The molecule has 1 aromatic carbocycles. The van der Waals surface area contributed by atoms with Gasteiger partial charge in [-0.3, -0.25) is 4.79 Å². The standard InChI is InChI=1S/C15H24N2OS/c1-4-19-11-10-12(2)16-13(3)15(18)17-14-8-6-5-7-9-14/h5-9,12-13,16H,4,10-11H2,1-3H3,(H,17,18). The van der Waals surface area contributed by atoms with Crippen molar-refractivity contribution in [2.45, 2.75) is 39.3 Å². The highest BCUT2D eigenvalue weighted by Gasteiger charge is 2.15. The summed E-state index contributed by atoms with van der Waals surface area (Å²) in [6, 6.07) is 9.73. The molecule has 1 rings (SSSR count). The Bertz CT molecular complexity index is 370. The van der Waals surface area contributed by atoms with Crippen LogP contribution in [0.15, 0.2) is 30.3 Å². The molecule has 2 unspecified atom stereocenters. The number of carbonyl (C=O) groups is 1. The molecule has 19 heavy (non-hydrogen) atoms. The molecule has 0 spiro atoms. The van der Waals surface area contributed by atoms with Crippen LogP contribution in [0, 0.1) is 0 Å². The van der Waals surface area contributed by atoms with Crippen LogP contribution in [-0.4, -0.2) is 29.5 Å². The van der Waals surface area contributed by atoms with Crippen LogP contribution >= 0.6 is 11.8 Å². The van der Waals surface area contributed by atoms with Gasteiger partial charge in [-0.15, -0.1) is 0 Å². The van der Waals surface area contributed by atoms with Crippen LogP contribution in [0.2, 0.25) is 0 Å². The average Bonchev–Trinajstić information content (AvgIpc) is 2.40. The summed E-state index contributed by atoms with van der Waals surface area (Å²) in [5, 5.41) is 6.24. The van der Waals surface area contributed by atoms with Gasteiger partial charge in [0.05, 0.1) is 6.04 Å². The van der Waals surface area contributed by atoms with Crippen LogP contribution in [0.3, 0.4) is 0 Å². The maximum absolute atomic E-state index is 12.0. The summed E-state index contributed by atoms with van der Waals surface area (Å²) >= 11 is 1.93. The number of hydrogen-bond donors (Lipinski definition) is 2. The Morgan fingerprint density at radius 2 is 1.95 bits per heavy atom. The van der Waals surface area contributed by atoms with Crippen molar-refractivity contribution < 1.29 is 4.79 Å². The Kier molecular flexibility index (Phi) is 7.60. The van der Waals surface area contributed by atoms with Crippen molar-refractivity contribution in [3.05, 3.63) is 30.3 Å². The summed E-state index contributed by atoms with van der Waals surface area (Å²) < 4.78 is 0. The number of hydrogen-bond acceptors (Lipinski definition) is 3. The molecular weight excluding hydrogens is 256 g/mol. The van der Waals surface area contributed by atoms with E-state index in [0.717, 1.165) is 23.6 Å². The summed E-state index contributed by atoms with van der Waals surface area (Å²) in [5.74, 6) is 2.30. The van der Waals surface area contributed by atoms with Gasteiger partial charge in [-0.1, -0.05) is 25.1 Å². The smallest absolute Gasteiger partial charge is 0.241 e. The van der Waals surface area contributed by atoms with Crippen molar-refractivity contribution in [2.75, 3.05) is 16.8 Å². The number of anilines is 1. The molecule has 0 saturated heterocycles. The highest BCUT2D eigenvalue weighted by atomic mass is 32.2. The first-order chi connectivity index (χ1) is 9.13. The third-order valence-corrected chi connectivity index (χ3v) is 3.80. The minimum Gasteiger partial charge on any atom is -0.325 e. The Balaban J connectivity index is 2.32. The maximum atomic E-state index is 12.0. The second-order valence-corrected chi connectivity index (χ2v) is 6.02. The molecule has 0 aliphatic heterocycles. The number of nitrogens with one attached hydrogen (secondary N) is 2. The van der Waals surface area contributed by atoms with Crippen LogP contribution in [0.1, 0.15) is 27.2 Å². The Hall–Kier alpha value is -1.00. The van der Waals surface area contributed by atoms with E-state index < -0.39 is 0 Å². The lowest BCUT2D eigenvalue weighted by molar-refractivity contribution is -0.117. The molecule has 0 aromatic heterocycles. The molecule has 1 aromatic rings. The zero-order valence-corrected chi connectivity index (χ0v) is 12.8. The summed E-state index contributed by atoms with van der Waals surface area (Å²) in [7, 11) is 0. The summed E-state index contributed by atoms with van der Waals surface area (Å²) in [6.07, 6.45) is 1.08. The van der Waals surface area contributed by atoms with Crippen molar-refractivity contribution in [1.29, 1.82) is 0 Å². The maximum Gasteiger partial charge on any atom is 0.241 e. The molecule has 2 atom stereocenters. The van der Waals surface area contributed by atoms with Gasteiger partial charge in [-0.2, -0.15) is 11.8 Å². The quantitative estimate of drug-likeness (QED) is 0.719. The number of benzene rings is 1. The van der Waals surface area contributed by atoms with Crippen LogP contribution in [0.4, 0.5) is 5.69 Å². The topological polar surface area (TPSA) is 41.1 Å². The van der Waals surface area contributed by atoms with E-state index in [1.54, 1.807) is 0 Å². The number of amides is 1. The Labute approximate surface area is 120 Å². The number of para-hydroxylation sites is 1. The van der Waals surface area contributed by atoms with E-state index in [9.17, 15) is 4.79 Å². The lowest BCUT2D eigenvalue weighted by Gasteiger charge is -2.19. The predicted octanol–water partition coefficient (Wildman–Crippen LogP) is 3.13. The zero-order valence-electron chi connectivity index (χ0n) is 12.0. The Morgan fingerprint density at radius 1 is 1.26 bits per heavy atom. The molecule has 0 bridgehead atoms. The van der Waals surface area contributed by atoms with Crippen molar-refractivity contribution in [2.24, 2.45) is 0 Å². The fraction of sp³-hybridized carbons (Fsp3) is 0.533. The van der Waals surface area contributed by atoms with E-state index in [-0.39, 0.29) is 11.9 Å². The van der Waals surface area contributed by atoms with Gasteiger partial charge in [0.15, 0.2) is 0 Å². The van der Waals surface area contributed by atoms with E-state index in [0.29, 0.717) is 6.04 Å². The van der Waals surface area contributed by atoms with Crippen molar-refractivity contribution >= 4 is 23.4 Å². The van der Waals surface area contributed by atoms with Gasteiger partial charge in [-0.25, -0.2) is 0 Å². The molecular formula is C15H24N2OS. The molecule has 0 aliphatic carbocycles. The van der Waals surface area contributed by atoms with Gasteiger partial charge in [0, 0.05) is 11.7 Å². The van der Waals surface area contributed by atoms with E-state index in [4.69, 9.17) is 0 Å². The van der Waals surface area contributed by atoms with Gasteiger partial charge in [0.25, 0.3) is 0 Å². The molecule has 0 fully saturated rings. The van der Waals surface area contributed by atoms with Crippen molar-refractivity contribution in [3.8, 4) is 0 Å². The highest BCUT2D eigenvalue weighted by molar-refractivity contribution is 7.99. The molecule has 106 valence electrons. The van der Waals surface area contributed by atoms with Gasteiger partial charge in [-0.05, 0) is 43.9 Å². The summed E-state index contributed by atoms with van der Waals surface area (Å²) in [6.45, 7) is 6.20. The van der Waals surface area contributed by atoms with Crippen LogP contribution in [-0.2, 0) is 4.79 Å². The first-order valence-corrected chi connectivity index (χ1v) is 7.98. The minimum absolute atomic E-state index is 0.0150. The van der Waals surface area contributed by atoms with E-state index >= 15 is 0 Å². The second kappa shape index (κ2) is 8.99. The fourth-order valence-corrected chi connectivity index (χ4v) is 2.57. The van der Waals surface area contributed by atoms with Crippen LogP contribution in [0.5, 0.6) is 0 Å². The van der Waals surface area contributed by atoms with Gasteiger partial charge < -0.3 is 10.6 Å². The first-order valence-electron chi connectivity index (χ1n) is 6.83. The monoisotopic (exact) mass is 280 g/mol.